The molecule has 0 aliphatic carbocycles. The molecule has 14 heavy (non-hydrogen) atoms. The predicted octanol–water partition coefficient (Wildman–Crippen LogP) is 3.31. The van der Waals surface area contributed by atoms with Crippen molar-refractivity contribution in [3.63, 3.8) is 0 Å². The summed E-state index contributed by atoms with van der Waals surface area (Å²) in [5.41, 5.74) is 1.15. The largest absolute Gasteiger partial charge is 0.275 e. The number of pyridine rings is 1. The molecule has 0 atom stereocenters. The fraction of sp³-hybridized carbons (Fsp3) is 0.400. The Labute approximate surface area is 93.2 Å². The van der Waals surface area contributed by atoms with Crippen LogP contribution in [-0.4, -0.2) is 10.2 Å². The van der Waals surface area contributed by atoms with Crippen LogP contribution in [0.25, 0.3) is 0 Å². The van der Waals surface area contributed by atoms with E-state index in [9.17, 15) is 4.79 Å². The van der Waals surface area contributed by atoms with Crippen molar-refractivity contribution in [3.05, 3.63) is 28.5 Å². The lowest BCUT2D eigenvalue weighted by Crippen LogP contribution is -2.00. The molecular formula is C10H11Cl2NO. The molecule has 0 saturated carbocycles. The summed E-state index contributed by atoms with van der Waals surface area (Å²) in [7, 11) is 0. The van der Waals surface area contributed by atoms with Crippen molar-refractivity contribution >= 4 is 28.4 Å². The normalized spacial score (nSPS) is 10.6. The minimum Gasteiger partial charge on any atom is -0.275 e. The first-order chi connectivity index (χ1) is 6.50. The molecule has 0 aromatic carbocycles. The van der Waals surface area contributed by atoms with Crippen molar-refractivity contribution in [2.75, 3.05) is 0 Å². The smallest absolute Gasteiger partial charge is 0.255 e. The highest BCUT2D eigenvalue weighted by molar-refractivity contribution is 6.68. The van der Waals surface area contributed by atoms with E-state index in [0.717, 1.165) is 12.1 Å². The average Bonchev–Trinajstić information content (AvgIpc) is 2.01. The van der Waals surface area contributed by atoms with Crippen LogP contribution in [0.3, 0.4) is 0 Å². The van der Waals surface area contributed by atoms with Crippen LogP contribution in [0, 0.1) is 5.92 Å². The Morgan fingerprint density at radius 1 is 1.50 bits per heavy atom. The van der Waals surface area contributed by atoms with Gasteiger partial charge in [0.25, 0.3) is 5.24 Å². The quantitative estimate of drug-likeness (QED) is 0.591. The number of halogens is 2. The van der Waals surface area contributed by atoms with Gasteiger partial charge in [-0.25, -0.2) is 4.98 Å². The van der Waals surface area contributed by atoms with Gasteiger partial charge in [-0.1, -0.05) is 25.4 Å². The number of hydrogen-bond donors (Lipinski definition) is 0. The molecule has 0 spiro atoms. The molecule has 1 rings (SSSR count). The molecular weight excluding hydrogens is 221 g/mol. The molecule has 0 radical (unpaired) electrons. The Kier molecular flexibility index (Phi) is 3.90. The van der Waals surface area contributed by atoms with Gasteiger partial charge in [-0.05, 0) is 36.1 Å². The molecule has 0 unspecified atom stereocenters. The molecule has 0 aliphatic rings. The van der Waals surface area contributed by atoms with Crippen LogP contribution in [0.1, 0.15) is 29.9 Å². The van der Waals surface area contributed by atoms with E-state index in [1.165, 1.54) is 0 Å². The van der Waals surface area contributed by atoms with Gasteiger partial charge in [0.15, 0.2) is 0 Å². The third-order valence-corrected chi connectivity index (χ3v) is 2.23. The topological polar surface area (TPSA) is 30.0 Å². The molecule has 1 aromatic rings. The number of carbonyl (C=O) groups excluding carboxylic acids is 1. The molecule has 0 fully saturated rings. The highest BCUT2D eigenvalue weighted by Crippen LogP contribution is 2.17. The minimum atomic E-state index is -0.571. The maximum Gasteiger partial charge on any atom is 0.255 e. The van der Waals surface area contributed by atoms with Gasteiger partial charge in [0, 0.05) is 5.69 Å². The highest BCUT2D eigenvalue weighted by atomic mass is 35.5. The lowest BCUT2D eigenvalue weighted by atomic mass is 10.1. The first-order valence-corrected chi connectivity index (χ1v) is 5.11. The SMILES string of the molecule is CC(C)Cc1ccc(C(=O)Cl)c(Cl)n1. The van der Waals surface area contributed by atoms with Crippen LogP contribution < -0.4 is 0 Å². The molecule has 0 saturated heterocycles. The molecule has 76 valence electrons. The summed E-state index contributed by atoms with van der Waals surface area (Å²) in [4.78, 5) is 14.9. The Hall–Kier alpha value is -0.600. The van der Waals surface area contributed by atoms with Crippen molar-refractivity contribution in [3.8, 4) is 0 Å². The van der Waals surface area contributed by atoms with Crippen LogP contribution in [-0.2, 0) is 6.42 Å². The third kappa shape index (κ3) is 2.96. The lowest BCUT2D eigenvalue weighted by Gasteiger charge is -2.05. The van der Waals surface area contributed by atoms with Gasteiger partial charge >= 0.3 is 0 Å². The van der Waals surface area contributed by atoms with E-state index in [0.29, 0.717) is 5.92 Å². The Balaban J connectivity index is 2.94. The van der Waals surface area contributed by atoms with E-state index >= 15 is 0 Å². The molecule has 0 N–H and O–H groups in total. The first kappa shape index (κ1) is 11.5. The Morgan fingerprint density at radius 2 is 2.14 bits per heavy atom. The zero-order chi connectivity index (χ0) is 10.7. The van der Waals surface area contributed by atoms with E-state index in [1.54, 1.807) is 12.1 Å². The number of nitrogens with zero attached hydrogens (tertiary/aromatic N) is 1. The van der Waals surface area contributed by atoms with E-state index in [4.69, 9.17) is 23.2 Å². The molecule has 2 nitrogen and oxygen atoms in total. The summed E-state index contributed by atoms with van der Waals surface area (Å²) in [5, 5.41) is -0.387. The molecule has 0 bridgehead atoms. The summed E-state index contributed by atoms with van der Waals surface area (Å²) in [5.74, 6) is 0.510. The van der Waals surface area contributed by atoms with Crippen molar-refractivity contribution < 1.29 is 4.79 Å². The van der Waals surface area contributed by atoms with Gasteiger partial charge < -0.3 is 0 Å². The van der Waals surface area contributed by atoms with E-state index in [2.05, 4.69) is 18.8 Å². The van der Waals surface area contributed by atoms with Gasteiger partial charge in [-0.3, -0.25) is 4.79 Å². The van der Waals surface area contributed by atoms with E-state index in [-0.39, 0.29) is 10.7 Å². The van der Waals surface area contributed by atoms with Crippen LogP contribution in [0.15, 0.2) is 12.1 Å². The van der Waals surface area contributed by atoms with Crippen molar-refractivity contribution in [1.29, 1.82) is 0 Å². The zero-order valence-electron chi connectivity index (χ0n) is 8.05. The summed E-state index contributed by atoms with van der Waals surface area (Å²) >= 11 is 11.1. The maximum atomic E-state index is 10.8. The molecule has 1 aromatic heterocycles. The molecule has 0 amide bonds. The van der Waals surface area contributed by atoms with Gasteiger partial charge in [-0.2, -0.15) is 0 Å². The zero-order valence-corrected chi connectivity index (χ0v) is 9.56. The predicted molar refractivity (Wildman–Crippen MR) is 58.0 cm³/mol. The minimum absolute atomic E-state index is 0.183. The summed E-state index contributed by atoms with van der Waals surface area (Å²) in [6.07, 6.45) is 0.844. The van der Waals surface area contributed by atoms with E-state index < -0.39 is 5.24 Å². The van der Waals surface area contributed by atoms with Gasteiger partial charge in [0.1, 0.15) is 5.15 Å². The van der Waals surface area contributed by atoms with E-state index in [1.807, 2.05) is 0 Å². The summed E-state index contributed by atoms with van der Waals surface area (Å²) in [6, 6.07) is 3.39. The highest BCUT2D eigenvalue weighted by Gasteiger charge is 2.09. The van der Waals surface area contributed by atoms with Crippen molar-refractivity contribution in [1.82, 2.24) is 4.98 Å². The van der Waals surface area contributed by atoms with Crippen LogP contribution in [0.4, 0.5) is 0 Å². The van der Waals surface area contributed by atoms with Crippen LogP contribution in [0.5, 0.6) is 0 Å². The lowest BCUT2D eigenvalue weighted by molar-refractivity contribution is 0.108. The second-order valence-electron chi connectivity index (χ2n) is 3.51. The third-order valence-electron chi connectivity index (χ3n) is 1.74. The maximum absolute atomic E-state index is 10.8. The Bertz CT molecular complexity index is 350. The van der Waals surface area contributed by atoms with Gasteiger partial charge in [-0.15, -0.1) is 0 Å². The Morgan fingerprint density at radius 3 is 2.57 bits per heavy atom. The van der Waals surface area contributed by atoms with Crippen LogP contribution >= 0.6 is 23.2 Å². The monoisotopic (exact) mass is 231 g/mol. The fourth-order valence-corrected chi connectivity index (χ4v) is 1.61. The fourth-order valence-electron chi connectivity index (χ4n) is 1.15. The second kappa shape index (κ2) is 4.76. The van der Waals surface area contributed by atoms with Crippen LogP contribution in [0.2, 0.25) is 5.15 Å². The van der Waals surface area contributed by atoms with Crippen molar-refractivity contribution in [2.24, 2.45) is 5.92 Å². The van der Waals surface area contributed by atoms with Gasteiger partial charge in [0.05, 0.1) is 5.56 Å². The summed E-state index contributed by atoms with van der Waals surface area (Å²) in [6.45, 7) is 4.19. The number of rotatable bonds is 3. The second-order valence-corrected chi connectivity index (χ2v) is 4.21. The standard InChI is InChI=1S/C10H11Cl2NO/c1-6(2)5-7-3-4-8(10(12)14)9(11)13-7/h3-4,6H,5H2,1-2H3. The average molecular weight is 232 g/mol. The number of carbonyl (C=O) groups is 1. The van der Waals surface area contributed by atoms with Crippen molar-refractivity contribution in [2.45, 2.75) is 20.3 Å². The van der Waals surface area contributed by atoms with Gasteiger partial charge in [0.2, 0.25) is 0 Å². The molecule has 4 heteroatoms. The number of aromatic nitrogens is 1. The summed E-state index contributed by atoms with van der Waals surface area (Å²) < 4.78 is 0. The molecule has 1 heterocycles. The number of hydrogen-bond acceptors (Lipinski definition) is 2. The first-order valence-electron chi connectivity index (χ1n) is 4.36. The molecule has 0 aliphatic heterocycles.